The van der Waals surface area contributed by atoms with Crippen LogP contribution < -0.4 is 9.64 Å². The number of nitro groups is 1. The SMILES string of the molecule is O=C(c1ccc([N+](=O)[O-])cc1Cl)N1CCCc2cc(OC(F)(F)F)ccc21. The van der Waals surface area contributed by atoms with Crippen LogP contribution in [-0.2, 0) is 6.42 Å². The van der Waals surface area contributed by atoms with Gasteiger partial charge in [-0.15, -0.1) is 13.2 Å². The zero-order valence-electron chi connectivity index (χ0n) is 13.6. The molecule has 0 atom stereocenters. The molecule has 0 fully saturated rings. The molecule has 0 N–H and O–H groups in total. The molecule has 0 aromatic heterocycles. The van der Waals surface area contributed by atoms with Crippen molar-refractivity contribution in [2.75, 3.05) is 11.4 Å². The molecule has 27 heavy (non-hydrogen) atoms. The number of ether oxygens (including phenoxy) is 1. The van der Waals surface area contributed by atoms with Gasteiger partial charge in [0.25, 0.3) is 11.6 Å². The number of alkyl halides is 3. The van der Waals surface area contributed by atoms with Crippen LogP contribution in [0.4, 0.5) is 24.5 Å². The Bertz CT molecular complexity index is 918. The summed E-state index contributed by atoms with van der Waals surface area (Å²) in [6.07, 6.45) is -3.77. The first-order chi connectivity index (χ1) is 12.7. The van der Waals surface area contributed by atoms with Crippen molar-refractivity contribution in [3.05, 3.63) is 62.7 Å². The molecular weight excluding hydrogens is 389 g/mol. The zero-order chi connectivity index (χ0) is 19.8. The van der Waals surface area contributed by atoms with Gasteiger partial charge in [0.2, 0.25) is 0 Å². The van der Waals surface area contributed by atoms with E-state index in [4.69, 9.17) is 11.6 Å². The Hall–Kier alpha value is -2.81. The van der Waals surface area contributed by atoms with Crippen molar-refractivity contribution in [3.8, 4) is 5.75 Å². The monoisotopic (exact) mass is 400 g/mol. The predicted octanol–water partition coefficient (Wildman–Crippen LogP) is 4.74. The number of rotatable bonds is 3. The third-order valence-corrected chi connectivity index (χ3v) is 4.35. The van der Waals surface area contributed by atoms with E-state index in [0.29, 0.717) is 30.6 Å². The van der Waals surface area contributed by atoms with Crippen LogP contribution >= 0.6 is 11.6 Å². The Balaban J connectivity index is 1.91. The van der Waals surface area contributed by atoms with Crippen LogP contribution in [0.15, 0.2) is 36.4 Å². The first-order valence-electron chi connectivity index (χ1n) is 7.80. The van der Waals surface area contributed by atoms with E-state index in [9.17, 15) is 28.1 Å². The van der Waals surface area contributed by atoms with Gasteiger partial charge in [0, 0.05) is 24.4 Å². The number of nitro benzene ring substituents is 1. The third-order valence-electron chi connectivity index (χ3n) is 4.04. The second kappa shape index (κ2) is 7.07. The van der Waals surface area contributed by atoms with Gasteiger partial charge in [-0.05, 0) is 42.7 Å². The van der Waals surface area contributed by atoms with Gasteiger partial charge in [-0.25, -0.2) is 0 Å². The molecule has 142 valence electrons. The number of fused-ring (bicyclic) bond motifs is 1. The fraction of sp³-hybridized carbons (Fsp3) is 0.235. The van der Waals surface area contributed by atoms with E-state index in [1.165, 1.54) is 29.2 Å². The van der Waals surface area contributed by atoms with Gasteiger partial charge in [0.1, 0.15) is 5.75 Å². The summed E-state index contributed by atoms with van der Waals surface area (Å²) in [4.78, 5) is 24.4. The fourth-order valence-corrected chi connectivity index (χ4v) is 3.17. The average molecular weight is 401 g/mol. The summed E-state index contributed by atoms with van der Waals surface area (Å²) in [7, 11) is 0. The number of amides is 1. The number of halogens is 4. The molecule has 0 spiro atoms. The number of non-ortho nitro benzene ring substituents is 1. The minimum absolute atomic E-state index is 0.0710. The van der Waals surface area contributed by atoms with Crippen LogP contribution in [0, 0.1) is 10.1 Å². The highest BCUT2D eigenvalue weighted by atomic mass is 35.5. The first-order valence-corrected chi connectivity index (χ1v) is 8.18. The van der Waals surface area contributed by atoms with Gasteiger partial charge in [0.05, 0.1) is 15.5 Å². The summed E-state index contributed by atoms with van der Waals surface area (Å²) in [6, 6.07) is 7.28. The van der Waals surface area contributed by atoms with Gasteiger partial charge in [-0.3, -0.25) is 14.9 Å². The molecule has 0 saturated heterocycles. The smallest absolute Gasteiger partial charge is 0.406 e. The topological polar surface area (TPSA) is 72.7 Å². The maximum absolute atomic E-state index is 12.8. The molecule has 1 heterocycles. The Morgan fingerprint density at radius 1 is 1.22 bits per heavy atom. The van der Waals surface area contributed by atoms with Crippen molar-refractivity contribution in [1.82, 2.24) is 0 Å². The standard InChI is InChI=1S/C17H12ClF3N2O4/c18-14-9-11(23(25)26)3-5-13(14)16(24)22-7-1-2-10-8-12(4-6-15(10)22)27-17(19,20)21/h3-6,8-9H,1-2,7H2. The van der Waals surface area contributed by atoms with Crippen LogP contribution in [-0.4, -0.2) is 23.7 Å². The maximum atomic E-state index is 12.8. The largest absolute Gasteiger partial charge is 0.573 e. The van der Waals surface area contributed by atoms with E-state index in [0.717, 1.165) is 12.1 Å². The summed E-state index contributed by atoms with van der Waals surface area (Å²) < 4.78 is 41.1. The molecule has 1 aliphatic rings. The van der Waals surface area contributed by atoms with E-state index in [1.54, 1.807) is 0 Å². The maximum Gasteiger partial charge on any atom is 0.573 e. The molecular formula is C17H12ClF3N2O4. The molecule has 1 aliphatic heterocycles. The highest BCUT2D eigenvalue weighted by Crippen LogP contribution is 2.34. The predicted molar refractivity (Wildman–Crippen MR) is 91.2 cm³/mol. The van der Waals surface area contributed by atoms with Crippen LogP contribution in [0.25, 0.3) is 0 Å². The van der Waals surface area contributed by atoms with Crippen molar-refractivity contribution in [2.24, 2.45) is 0 Å². The molecule has 1 amide bonds. The molecule has 10 heteroatoms. The highest BCUT2D eigenvalue weighted by Gasteiger charge is 2.32. The van der Waals surface area contributed by atoms with Gasteiger partial charge in [-0.2, -0.15) is 0 Å². The summed E-state index contributed by atoms with van der Waals surface area (Å²) in [6.45, 7) is 0.346. The molecule has 0 unspecified atom stereocenters. The summed E-state index contributed by atoms with van der Waals surface area (Å²) in [5.41, 5.74) is 0.819. The van der Waals surface area contributed by atoms with E-state index in [2.05, 4.69) is 4.74 Å². The molecule has 0 bridgehead atoms. The van der Waals surface area contributed by atoms with Crippen LogP contribution in [0.2, 0.25) is 5.02 Å². The van der Waals surface area contributed by atoms with Crippen molar-refractivity contribution in [2.45, 2.75) is 19.2 Å². The lowest BCUT2D eigenvalue weighted by Gasteiger charge is -2.30. The lowest BCUT2D eigenvalue weighted by molar-refractivity contribution is -0.384. The minimum atomic E-state index is -4.80. The van der Waals surface area contributed by atoms with E-state index < -0.39 is 17.2 Å². The summed E-state index contributed by atoms with van der Waals surface area (Å²) >= 11 is 6.02. The highest BCUT2D eigenvalue weighted by molar-refractivity contribution is 6.34. The number of nitrogens with zero attached hydrogens (tertiary/aromatic N) is 2. The van der Waals surface area contributed by atoms with Gasteiger partial charge in [-0.1, -0.05) is 11.6 Å². The zero-order valence-corrected chi connectivity index (χ0v) is 14.4. The van der Waals surface area contributed by atoms with E-state index >= 15 is 0 Å². The van der Waals surface area contributed by atoms with Gasteiger partial charge in [0.15, 0.2) is 0 Å². The van der Waals surface area contributed by atoms with Crippen molar-refractivity contribution in [1.29, 1.82) is 0 Å². The molecule has 0 radical (unpaired) electrons. The van der Waals surface area contributed by atoms with Crippen LogP contribution in [0.1, 0.15) is 22.3 Å². The number of hydrogen-bond acceptors (Lipinski definition) is 4. The number of carbonyl (C=O) groups excluding carboxylic acids is 1. The second-order valence-electron chi connectivity index (χ2n) is 5.82. The van der Waals surface area contributed by atoms with Crippen molar-refractivity contribution in [3.63, 3.8) is 0 Å². The Labute approximate surface area is 156 Å². The molecule has 3 rings (SSSR count). The Morgan fingerprint density at radius 2 is 1.96 bits per heavy atom. The van der Waals surface area contributed by atoms with Gasteiger partial charge >= 0.3 is 6.36 Å². The van der Waals surface area contributed by atoms with Gasteiger partial charge < -0.3 is 9.64 Å². The van der Waals surface area contributed by atoms with Crippen molar-refractivity contribution >= 4 is 28.9 Å². The lowest BCUT2D eigenvalue weighted by atomic mass is 10.00. The van der Waals surface area contributed by atoms with E-state index in [1.807, 2.05) is 0 Å². The first kappa shape index (κ1) is 19.0. The normalized spacial score (nSPS) is 13.9. The number of benzene rings is 2. The van der Waals surface area contributed by atoms with E-state index in [-0.39, 0.29) is 22.0 Å². The molecule has 2 aromatic rings. The summed E-state index contributed by atoms with van der Waals surface area (Å²) in [5, 5.41) is 10.7. The second-order valence-corrected chi connectivity index (χ2v) is 6.23. The fourth-order valence-electron chi connectivity index (χ4n) is 2.92. The molecule has 2 aromatic carbocycles. The average Bonchev–Trinajstić information content (AvgIpc) is 2.58. The number of anilines is 1. The van der Waals surface area contributed by atoms with Crippen LogP contribution in [0.5, 0.6) is 5.75 Å². The Morgan fingerprint density at radius 3 is 2.59 bits per heavy atom. The molecule has 0 aliphatic carbocycles. The lowest BCUT2D eigenvalue weighted by Crippen LogP contribution is -2.35. The van der Waals surface area contributed by atoms with Crippen molar-refractivity contribution < 1.29 is 27.6 Å². The van der Waals surface area contributed by atoms with Crippen LogP contribution in [0.3, 0.4) is 0 Å². The number of aryl methyl sites for hydroxylation is 1. The number of hydrogen-bond donors (Lipinski definition) is 0. The Kier molecular flexibility index (Phi) is 4.97. The quantitative estimate of drug-likeness (QED) is 0.551. The summed E-state index contributed by atoms with van der Waals surface area (Å²) in [5.74, 6) is -0.843. The molecule has 0 saturated carbocycles. The minimum Gasteiger partial charge on any atom is -0.406 e. The third kappa shape index (κ3) is 4.13. The number of carbonyl (C=O) groups is 1. The molecule has 6 nitrogen and oxygen atoms in total.